The minimum Gasteiger partial charge on any atom is -0.493 e. The van der Waals surface area contributed by atoms with E-state index in [9.17, 15) is 9.59 Å². The lowest BCUT2D eigenvalue weighted by Crippen LogP contribution is -2.18. The normalized spacial score (nSPS) is 10.5. The van der Waals surface area contributed by atoms with E-state index in [1.54, 1.807) is 63.7 Å². The second-order valence-corrected chi connectivity index (χ2v) is 7.60. The fourth-order valence-corrected chi connectivity index (χ4v) is 3.82. The summed E-state index contributed by atoms with van der Waals surface area (Å²) >= 11 is 0. The van der Waals surface area contributed by atoms with Gasteiger partial charge in [-0.3, -0.25) is 9.59 Å². The zero-order chi connectivity index (χ0) is 24.9. The van der Waals surface area contributed by atoms with Crippen molar-refractivity contribution in [3.05, 3.63) is 77.9 Å². The molecule has 8 heteroatoms. The van der Waals surface area contributed by atoms with Crippen LogP contribution < -0.4 is 24.8 Å². The molecule has 0 bridgehead atoms. The van der Waals surface area contributed by atoms with Crippen molar-refractivity contribution in [2.45, 2.75) is 0 Å². The van der Waals surface area contributed by atoms with Crippen molar-refractivity contribution in [2.24, 2.45) is 0 Å². The van der Waals surface area contributed by atoms with E-state index in [0.29, 0.717) is 56.2 Å². The van der Waals surface area contributed by atoms with E-state index in [2.05, 4.69) is 10.6 Å². The fraction of sp³-hybridized carbons (Fsp3) is 0.148. The summed E-state index contributed by atoms with van der Waals surface area (Å²) in [6.45, 7) is 0. The van der Waals surface area contributed by atoms with Gasteiger partial charge in [-0.1, -0.05) is 24.3 Å². The maximum Gasteiger partial charge on any atom is 0.256 e. The molecule has 8 nitrogen and oxygen atoms in total. The Kier molecular flexibility index (Phi) is 6.82. The van der Waals surface area contributed by atoms with Crippen LogP contribution >= 0.6 is 0 Å². The summed E-state index contributed by atoms with van der Waals surface area (Å²) in [6.07, 6.45) is 0. The van der Waals surface area contributed by atoms with Gasteiger partial charge in [0.2, 0.25) is 5.75 Å². The molecular weight excluding hydrogens is 446 g/mol. The number of fused-ring (bicyclic) bond motifs is 1. The van der Waals surface area contributed by atoms with Crippen molar-refractivity contribution in [3.8, 4) is 28.5 Å². The topological polar surface area (TPSA) is 98.8 Å². The van der Waals surface area contributed by atoms with Gasteiger partial charge in [-0.25, -0.2) is 4.98 Å². The number of carbonyl (C=O) groups excluding carboxylic acids is 2. The van der Waals surface area contributed by atoms with Crippen molar-refractivity contribution in [2.75, 3.05) is 33.7 Å². The minimum absolute atomic E-state index is 0.236. The molecule has 0 saturated carbocycles. The van der Waals surface area contributed by atoms with Gasteiger partial charge in [0, 0.05) is 29.2 Å². The Morgan fingerprint density at radius 2 is 1.51 bits per heavy atom. The highest BCUT2D eigenvalue weighted by Crippen LogP contribution is 2.41. The van der Waals surface area contributed by atoms with Crippen LogP contribution in [-0.4, -0.2) is 45.2 Å². The number of carbonyl (C=O) groups is 2. The molecule has 178 valence electrons. The molecule has 4 aromatic rings. The van der Waals surface area contributed by atoms with Crippen LogP contribution in [-0.2, 0) is 0 Å². The van der Waals surface area contributed by atoms with Crippen molar-refractivity contribution < 1.29 is 23.8 Å². The molecular formula is C27H25N3O5. The zero-order valence-electron chi connectivity index (χ0n) is 19.8. The zero-order valence-corrected chi connectivity index (χ0v) is 19.8. The van der Waals surface area contributed by atoms with Gasteiger partial charge in [-0.15, -0.1) is 0 Å². The van der Waals surface area contributed by atoms with Crippen LogP contribution in [0.25, 0.3) is 22.2 Å². The molecule has 35 heavy (non-hydrogen) atoms. The van der Waals surface area contributed by atoms with Crippen LogP contribution in [0.5, 0.6) is 17.2 Å². The van der Waals surface area contributed by atoms with Gasteiger partial charge < -0.3 is 24.8 Å². The van der Waals surface area contributed by atoms with Gasteiger partial charge in [-0.05, 0) is 42.5 Å². The third kappa shape index (κ3) is 4.72. The summed E-state index contributed by atoms with van der Waals surface area (Å²) in [6, 6.07) is 19.5. The van der Waals surface area contributed by atoms with E-state index >= 15 is 0 Å². The summed E-state index contributed by atoms with van der Waals surface area (Å²) in [5.74, 6) is 0.864. The van der Waals surface area contributed by atoms with Crippen molar-refractivity contribution in [3.63, 3.8) is 0 Å². The molecule has 0 fully saturated rings. The Labute approximate surface area is 202 Å². The van der Waals surface area contributed by atoms with E-state index in [1.165, 1.54) is 7.11 Å². The summed E-state index contributed by atoms with van der Waals surface area (Å²) in [5, 5.41) is 6.17. The van der Waals surface area contributed by atoms with Gasteiger partial charge in [-0.2, -0.15) is 0 Å². The molecule has 0 aliphatic heterocycles. The Bertz CT molecular complexity index is 1390. The number of amides is 2. The number of nitrogens with one attached hydrogen (secondary N) is 2. The lowest BCUT2D eigenvalue weighted by molar-refractivity contribution is 0.0961. The molecule has 0 unspecified atom stereocenters. The Hall–Kier alpha value is -4.59. The van der Waals surface area contributed by atoms with E-state index in [4.69, 9.17) is 19.2 Å². The largest absolute Gasteiger partial charge is 0.493 e. The summed E-state index contributed by atoms with van der Waals surface area (Å²) < 4.78 is 16.4. The highest BCUT2D eigenvalue weighted by Gasteiger charge is 2.18. The van der Waals surface area contributed by atoms with Crippen molar-refractivity contribution >= 4 is 28.4 Å². The van der Waals surface area contributed by atoms with Gasteiger partial charge in [0.1, 0.15) is 0 Å². The maximum absolute atomic E-state index is 13.4. The van der Waals surface area contributed by atoms with Crippen LogP contribution in [0.3, 0.4) is 0 Å². The number of ether oxygens (including phenoxy) is 3. The van der Waals surface area contributed by atoms with Crippen LogP contribution in [0.4, 0.5) is 5.69 Å². The summed E-state index contributed by atoms with van der Waals surface area (Å²) in [4.78, 5) is 30.2. The third-order valence-electron chi connectivity index (χ3n) is 5.53. The molecule has 0 aliphatic carbocycles. The van der Waals surface area contributed by atoms with Gasteiger partial charge in [0.15, 0.2) is 11.5 Å². The van der Waals surface area contributed by atoms with Crippen LogP contribution in [0, 0.1) is 0 Å². The smallest absolute Gasteiger partial charge is 0.256 e. The lowest BCUT2D eigenvalue weighted by Gasteiger charge is -2.15. The number of methoxy groups -OCH3 is 3. The predicted molar refractivity (Wildman–Crippen MR) is 135 cm³/mol. The van der Waals surface area contributed by atoms with Crippen molar-refractivity contribution in [1.29, 1.82) is 0 Å². The molecule has 3 aromatic carbocycles. The van der Waals surface area contributed by atoms with E-state index in [1.807, 2.05) is 24.3 Å². The van der Waals surface area contributed by atoms with Crippen LogP contribution in [0.2, 0.25) is 0 Å². The molecule has 2 N–H and O–H groups in total. The standard InChI is InChI=1S/C27H25N3O5/c1-28-26(31)16-8-7-9-18(12-16)29-27(32)20-15-22(30-21-11-6-5-10-19(20)21)17-13-23(33-2)25(35-4)24(14-17)34-3/h5-15H,1-4H3,(H,28,31)(H,29,32). The maximum atomic E-state index is 13.4. The molecule has 1 heterocycles. The van der Waals surface area contributed by atoms with Crippen LogP contribution in [0.1, 0.15) is 20.7 Å². The van der Waals surface area contributed by atoms with Gasteiger partial charge >= 0.3 is 0 Å². The van der Waals surface area contributed by atoms with Crippen molar-refractivity contribution in [1.82, 2.24) is 10.3 Å². The SMILES string of the molecule is CNC(=O)c1cccc(NC(=O)c2cc(-c3cc(OC)c(OC)c(OC)c3)nc3ccccc23)c1. The highest BCUT2D eigenvalue weighted by molar-refractivity contribution is 6.13. The highest BCUT2D eigenvalue weighted by atomic mass is 16.5. The first kappa shape index (κ1) is 23.6. The first-order valence-electron chi connectivity index (χ1n) is 10.8. The summed E-state index contributed by atoms with van der Waals surface area (Å²) in [5.41, 5.74) is 3.30. The number of aromatic nitrogens is 1. The van der Waals surface area contributed by atoms with E-state index in [0.717, 1.165) is 0 Å². The monoisotopic (exact) mass is 471 g/mol. The number of pyridine rings is 1. The molecule has 0 spiro atoms. The average Bonchev–Trinajstić information content (AvgIpc) is 2.91. The average molecular weight is 472 g/mol. The predicted octanol–water partition coefficient (Wildman–Crippen LogP) is 4.54. The number of benzene rings is 3. The number of nitrogens with zero attached hydrogens (tertiary/aromatic N) is 1. The Balaban J connectivity index is 1.80. The fourth-order valence-electron chi connectivity index (χ4n) is 3.82. The Morgan fingerprint density at radius 3 is 2.17 bits per heavy atom. The first-order chi connectivity index (χ1) is 17.0. The quantitative estimate of drug-likeness (QED) is 0.411. The summed E-state index contributed by atoms with van der Waals surface area (Å²) in [7, 11) is 6.18. The van der Waals surface area contributed by atoms with Crippen LogP contribution in [0.15, 0.2) is 66.7 Å². The number of rotatable bonds is 7. The third-order valence-corrected chi connectivity index (χ3v) is 5.53. The number of hydrogen-bond donors (Lipinski definition) is 2. The van der Waals surface area contributed by atoms with Gasteiger partial charge in [0.05, 0.1) is 38.1 Å². The van der Waals surface area contributed by atoms with E-state index in [-0.39, 0.29) is 11.8 Å². The minimum atomic E-state index is -0.327. The second-order valence-electron chi connectivity index (χ2n) is 7.60. The van der Waals surface area contributed by atoms with E-state index < -0.39 is 0 Å². The van der Waals surface area contributed by atoms with Gasteiger partial charge in [0.25, 0.3) is 11.8 Å². The number of anilines is 1. The Morgan fingerprint density at radius 1 is 0.800 bits per heavy atom. The molecule has 0 aliphatic rings. The number of para-hydroxylation sites is 1. The number of hydrogen-bond acceptors (Lipinski definition) is 6. The molecule has 4 rings (SSSR count). The second kappa shape index (κ2) is 10.1. The first-order valence-corrected chi connectivity index (χ1v) is 10.8. The lowest BCUT2D eigenvalue weighted by atomic mass is 10.0. The molecule has 2 amide bonds. The molecule has 0 saturated heterocycles. The molecule has 0 atom stereocenters. The molecule has 1 aromatic heterocycles. The molecule has 0 radical (unpaired) electrons.